The number of likely N-dealkylation sites (tertiary alicyclic amines) is 1. The van der Waals surface area contributed by atoms with Gasteiger partial charge in [0, 0.05) is 19.6 Å². The maximum Gasteiger partial charge on any atom is 0.317 e. The normalized spacial score (nSPS) is 33.3. The first-order chi connectivity index (χ1) is 8.31. The van der Waals surface area contributed by atoms with E-state index in [1.807, 2.05) is 6.92 Å². The summed E-state index contributed by atoms with van der Waals surface area (Å²) in [7, 11) is 0. The van der Waals surface area contributed by atoms with E-state index < -0.39 is 11.9 Å². The van der Waals surface area contributed by atoms with Crippen LogP contribution in [0.4, 0.5) is 4.79 Å². The standard InChI is InChI=1S/C13H22N2O3/c1-8-6-15(7-10(8)11(16)17)12(18)14-5-9-4-13(9,2)3/h8-10H,4-7H2,1-3H3,(H,14,18)(H,16,17)/t8-,9?,10-/m1/s1. The molecule has 0 spiro atoms. The zero-order valence-corrected chi connectivity index (χ0v) is 11.3. The number of rotatable bonds is 3. The van der Waals surface area contributed by atoms with Gasteiger partial charge in [0.15, 0.2) is 0 Å². The Morgan fingerprint density at radius 2 is 2.00 bits per heavy atom. The van der Waals surface area contributed by atoms with Gasteiger partial charge in [0.1, 0.15) is 0 Å². The minimum atomic E-state index is -0.805. The van der Waals surface area contributed by atoms with Crippen LogP contribution in [0, 0.1) is 23.2 Å². The van der Waals surface area contributed by atoms with Crippen molar-refractivity contribution in [1.82, 2.24) is 10.2 Å². The van der Waals surface area contributed by atoms with Gasteiger partial charge in [-0.05, 0) is 23.7 Å². The Hall–Kier alpha value is -1.26. The van der Waals surface area contributed by atoms with Crippen LogP contribution >= 0.6 is 0 Å². The van der Waals surface area contributed by atoms with Gasteiger partial charge >= 0.3 is 12.0 Å². The van der Waals surface area contributed by atoms with Crippen molar-refractivity contribution < 1.29 is 14.7 Å². The molecule has 2 rings (SSSR count). The predicted octanol–water partition coefficient (Wildman–Crippen LogP) is 1.39. The average Bonchev–Trinajstić information content (AvgIpc) is 2.70. The monoisotopic (exact) mass is 254 g/mol. The van der Waals surface area contributed by atoms with Crippen LogP contribution < -0.4 is 5.32 Å². The zero-order chi connectivity index (χ0) is 13.5. The molecule has 5 heteroatoms. The van der Waals surface area contributed by atoms with Gasteiger partial charge in [-0.15, -0.1) is 0 Å². The van der Waals surface area contributed by atoms with E-state index in [0.29, 0.717) is 31.0 Å². The molecule has 0 aromatic carbocycles. The summed E-state index contributed by atoms with van der Waals surface area (Å²) >= 11 is 0. The Morgan fingerprint density at radius 3 is 2.44 bits per heavy atom. The molecule has 2 aliphatic rings. The van der Waals surface area contributed by atoms with E-state index in [1.165, 1.54) is 0 Å². The quantitative estimate of drug-likeness (QED) is 0.799. The zero-order valence-electron chi connectivity index (χ0n) is 11.3. The van der Waals surface area contributed by atoms with Gasteiger partial charge in [-0.1, -0.05) is 20.8 Å². The molecule has 102 valence electrons. The van der Waals surface area contributed by atoms with Gasteiger partial charge in [-0.2, -0.15) is 0 Å². The minimum Gasteiger partial charge on any atom is -0.481 e. The van der Waals surface area contributed by atoms with Gasteiger partial charge < -0.3 is 15.3 Å². The molecule has 1 saturated carbocycles. The summed E-state index contributed by atoms with van der Waals surface area (Å²) in [6.07, 6.45) is 1.15. The Morgan fingerprint density at radius 1 is 1.39 bits per heavy atom. The van der Waals surface area contributed by atoms with Crippen LogP contribution in [-0.4, -0.2) is 41.6 Å². The molecule has 0 radical (unpaired) electrons. The molecule has 1 aliphatic heterocycles. The maximum atomic E-state index is 11.9. The van der Waals surface area contributed by atoms with E-state index in [-0.39, 0.29) is 11.9 Å². The van der Waals surface area contributed by atoms with E-state index in [4.69, 9.17) is 5.11 Å². The average molecular weight is 254 g/mol. The van der Waals surface area contributed by atoms with Gasteiger partial charge in [-0.25, -0.2) is 4.79 Å². The molecule has 0 aromatic heterocycles. The molecular weight excluding hydrogens is 232 g/mol. The number of amides is 2. The van der Waals surface area contributed by atoms with Gasteiger partial charge in [-0.3, -0.25) is 4.79 Å². The highest BCUT2D eigenvalue weighted by atomic mass is 16.4. The summed E-state index contributed by atoms with van der Waals surface area (Å²) in [5.41, 5.74) is 0.356. The SMILES string of the molecule is C[C@@H]1CN(C(=O)NCC2CC2(C)C)C[C@H]1C(=O)O. The largest absolute Gasteiger partial charge is 0.481 e. The third kappa shape index (κ3) is 2.60. The summed E-state index contributed by atoms with van der Waals surface area (Å²) in [5, 5.41) is 11.9. The molecule has 1 unspecified atom stereocenters. The fourth-order valence-corrected chi connectivity index (χ4v) is 2.70. The molecule has 1 heterocycles. The fraction of sp³-hybridized carbons (Fsp3) is 0.846. The summed E-state index contributed by atoms with van der Waals surface area (Å²) in [5.74, 6) is -0.628. The van der Waals surface area contributed by atoms with Gasteiger partial charge in [0.2, 0.25) is 0 Å². The third-order valence-corrected chi connectivity index (χ3v) is 4.43. The Bertz CT molecular complexity index is 367. The van der Waals surface area contributed by atoms with Crippen LogP contribution in [0.1, 0.15) is 27.2 Å². The lowest BCUT2D eigenvalue weighted by atomic mass is 9.99. The van der Waals surface area contributed by atoms with Crippen LogP contribution in [-0.2, 0) is 4.79 Å². The molecule has 2 N–H and O–H groups in total. The molecule has 1 saturated heterocycles. The Labute approximate surface area is 108 Å². The predicted molar refractivity (Wildman–Crippen MR) is 67.1 cm³/mol. The lowest BCUT2D eigenvalue weighted by Gasteiger charge is -2.17. The summed E-state index contributed by atoms with van der Waals surface area (Å²) in [6, 6.07) is -0.117. The van der Waals surface area contributed by atoms with Crippen LogP contribution in [0.3, 0.4) is 0 Å². The molecule has 18 heavy (non-hydrogen) atoms. The van der Waals surface area contributed by atoms with Crippen LogP contribution in [0.25, 0.3) is 0 Å². The number of aliphatic carboxylic acids is 1. The second-order valence-corrected chi connectivity index (χ2v) is 6.40. The van der Waals surface area contributed by atoms with E-state index in [2.05, 4.69) is 19.2 Å². The van der Waals surface area contributed by atoms with E-state index in [1.54, 1.807) is 4.90 Å². The molecule has 2 amide bonds. The highest BCUT2D eigenvalue weighted by molar-refractivity contribution is 5.77. The van der Waals surface area contributed by atoms with Crippen molar-refractivity contribution in [1.29, 1.82) is 0 Å². The highest BCUT2D eigenvalue weighted by Gasteiger charge is 2.45. The van der Waals surface area contributed by atoms with Crippen molar-refractivity contribution in [3.63, 3.8) is 0 Å². The maximum absolute atomic E-state index is 11.9. The van der Waals surface area contributed by atoms with Crippen molar-refractivity contribution in [2.24, 2.45) is 23.2 Å². The minimum absolute atomic E-state index is 0.0330. The third-order valence-electron chi connectivity index (χ3n) is 4.43. The van der Waals surface area contributed by atoms with E-state index in [9.17, 15) is 9.59 Å². The van der Waals surface area contributed by atoms with E-state index >= 15 is 0 Å². The smallest absolute Gasteiger partial charge is 0.317 e. The van der Waals surface area contributed by atoms with Crippen molar-refractivity contribution in [2.45, 2.75) is 27.2 Å². The van der Waals surface area contributed by atoms with Crippen LogP contribution in [0.5, 0.6) is 0 Å². The highest BCUT2D eigenvalue weighted by Crippen LogP contribution is 2.50. The van der Waals surface area contributed by atoms with Crippen molar-refractivity contribution >= 4 is 12.0 Å². The lowest BCUT2D eigenvalue weighted by molar-refractivity contribution is -0.142. The second kappa shape index (κ2) is 4.44. The number of carboxylic acids is 1. The van der Waals surface area contributed by atoms with Crippen LogP contribution in [0.15, 0.2) is 0 Å². The van der Waals surface area contributed by atoms with Gasteiger partial charge in [0.05, 0.1) is 5.92 Å². The first kappa shape index (κ1) is 13.2. The van der Waals surface area contributed by atoms with E-state index in [0.717, 1.165) is 6.42 Å². The first-order valence-electron chi connectivity index (χ1n) is 6.57. The molecule has 0 bridgehead atoms. The Balaban J connectivity index is 1.79. The van der Waals surface area contributed by atoms with Crippen molar-refractivity contribution in [3.05, 3.63) is 0 Å². The van der Waals surface area contributed by atoms with Crippen molar-refractivity contribution in [3.8, 4) is 0 Å². The molecule has 0 aromatic rings. The summed E-state index contributed by atoms with van der Waals surface area (Å²) in [4.78, 5) is 24.5. The Kier molecular flexibility index (Phi) is 3.25. The summed E-state index contributed by atoms with van der Waals surface area (Å²) < 4.78 is 0. The summed E-state index contributed by atoms with van der Waals surface area (Å²) in [6.45, 7) is 7.85. The topological polar surface area (TPSA) is 69.6 Å². The van der Waals surface area contributed by atoms with Crippen LogP contribution in [0.2, 0.25) is 0 Å². The number of hydrogen-bond donors (Lipinski definition) is 2. The number of nitrogens with zero attached hydrogens (tertiary/aromatic N) is 1. The fourth-order valence-electron chi connectivity index (χ4n) is 2.70. The second-order valence-electron chi connectivity index (χ2n) is 6.40. The lowest BCUT2D eigenvalue weighted by Crippen LogP contribution is -2.40. The molecule has 2 fully saturated rings. The first-order valence-corrected chi connectivity index (χ1v) is 6.57. The molecule has 1 aliphatic carbocycles. The molecular formula is C13H22N2O3. The number of carbonyl (C=O) groups excluding carboxylic acids is 1. The number of carboxylic acid groups (broad SMARTS) is 1. The molecule has 3 atom stereocenters. The molecule has 5 nitrogen and oxygen atoms in total. The number of carbonyl (C=O) groups is 2. The van der Waals surface area contributed by atoms with Gasteiger partial charge in [0.25, 0.3) is 0 Å². The number of nitrogens with one attached hydrogen (secondary N) is 1. The number of hydrogen-bond acceptors (Lipinski definition) is 2. The number of urea groups is 1. The van der Waals surface area contributed by atoms with Crippen molar-refractivity contribution in [2.75, 3.05) is 19.6 Å².